The molecule has 1 aliphatic heterocycles. The van der Waals surface area contributed by atoms with Crippen LogP contribution in [0.3, 0.4) is 0 Å². The van der Waals surface area contributed by atoms with Crippen molar-refractivity contribution in [2.45, 2.75) is 25.9 Å². The van der Waals surface area contributed by atoms with Gasteiger partial charge in [-0.2, -0.15) is 0 Å². The Kier molecular flexibility index (Phi) is 2.83. The molecule has 17 heavy (non-hydrogen) atoms. The van der Waals surface area contributed by atoms with Gasteiger partial charge in [-0.25, -0.2) is 9.18 Å². The molecule has 0 aromatic heterocycles. The molecule has 0 bridgehead atoms. The van der Waals surface area contributed by atoms with Gasteiger partial charge in [-0.3, -0.25) is 4.79 Å². The first kappa shape index (κ1) is 11.6. The summed E-state index contributed by atoms with van der Waals surface area (Å²) < 4.78 is 13.1. The smallest absolute Gasteiger partial charge is 0.326 e. The average Bonchev–Trinajstić information content (AvgIpc) is 2.26. The lowest BCUT2D eigenvalue weighted by molar-refractivity contribution is -0.150. The van der Waals surface area contributed by atoms with E-state index in [1.54, 1.807) is 6.07 Å². The highest BCUT2D eigenvalue weighted by Crippen LogP contribution is 2.24. The van der Waals surface area contributed by atoms with Crippen molar-refractivity contribution in [3.8, 4) is 0 Å². The molecule has 0 saturated heterocycles. The Hall–Kier alpha value is -1.91. The number of carboxylic acid groups (broad SMARTS) is 1. The van der Waals surface area contributed by atoms with Crippen molar-refractivity contribution < 1.29 is 19.1 Å². The van der Waals surface area contributed by atoms with E-state index in [1.807, 2.05) is 0 Å². The fraction of sp³-hybridized carbons (Fsp3) is 0.333. The number of rotatable bonds is 1. The maximum Gasteiger partial charge on any atom is 0.326 e. The summed E-state index contributed by atoms with van der Waals surface area (Å²) in [6.07, 6.45) is 0.155. The third-order valence-electron chi connectivity index (χ3n) is 2.99. The molecule has 1 aliphatic rings. The maximum atomic E-state index is 13.1. The van der Waals surface area contributed by atoms with E-state index in [-0.39, 0.29) is 24.7 Å². The zero-order chi connectivity index (χ0) is 12.6. The van der Waals surface area contributed by atoms with Crippen molar-refractivity contribution in [1.82, 2.24) is 4.90 Å². The number of hydrogen-bond donors (Lipinski definition) is 1. The molecule has 4 nitrogen and oxygen atoms in total. The molecule has 5 heteroatoms. The number of halogens is 1. The Morgan fingerprint density at radius 1 is 1.41 bits per heavy atom. The van der Waals surface area contributed by atoms with Gasteiger partial charge in [0.25, 0.3) is 0 Å². The highest BCUT2D eigenvalue weighted by Gasteiger charge is 2.32. The summed E-state index contributed by atoms with van der Waals surface area (Å²) in [4.78, 5) is 23.7. The van der Waals surface area contributed by atoms with Crippen molar-refractivity contribution in [3.05, 3.63) is 35.1 Å². The summed E-state index contributed by atoms with van der Waals surface area (Å²) in [7, 11) is 0. The topological polar surface area (TPSA) is 57.6 Å². The molecule has 0 spiro atoms. The number of aliphatic carboxylic acids is 1. The fourth-order valence-electron chi connectivity index (χ4n) is 2.10. The molecule has 1 N–H and O–H groups in total. The van der Waals surface area contributed by atoms with Crippen LogP contribution >= 0.6 is 0 Å². The van der Waals surface area contributed by atoms with Crippen molar-refractivity contribution in [2.75, 3.05) is 0 Å². The Morgan fingerprint density at radius 2 is 2.12 bits per heavy atom. The minimum Gasteiger partial charge on any atom is -0.480 e. The van der Waals surface area contributed by atoms with Gasteiger partial charge in [0.2, 0.25) is 5.91 Å². The molecule has 0 aliphatic carbocycles. The van der Waals surface area contributed by atoms with Crippen molar-refractivity contribution in [1.29, 1.82) is 0 Å². The van der Waals surface area contributed by atoms with Crippen LogP contribution in [0, 0.1) is 5.82 Å². The second kappa shape index (κ2) is 4.16. The van der Waals surface area contributed by atoms with E-state index in [0.29, 0.717) is 5.56 Å². The number of benzene rings is 1. The predicted molar refractivity (Wildman–Crippen MR) is 57.8 cm³/mol. The number of carbonyl (C=O) groups excluding carboxylic acids is 1. The number of hydrogen-bond acceptors (Lipinski definition) is 2. The van der Waals surface area contributed by atoms with Crippen LogP contribution in [0.5, 0.6) is 0 Å². The molecular weight excluding hydrogens is 225 g/mol. The Labute approximate surface area is 97.7 Å². The van der Waals surface area contributed by atoms with E-state index >= 15 is 0 Å². The predicted octanol–water partition coefficient (Wildman–Crippen LogP) is 1.18. The summed E-state index contributed by atoms with van der Waals surface area (Å²) in [5, 5.41) is 9.06. The Bertz CT molecular complexity index is 487. The number of amides is 1. The van der Waals surface area contributed by atoms with Crippen LogP contribution in [0.15, 0.2) is 18.2 Å². The molecule has 90 valence electrons. The number of nitrogens with zero attached hydrogens (tertiary/aromatic N) is 1. The second-order valence-electron chi connectivity index (χ2n) is 4.12. The van der Waals surface area contributed by atoms with Gasteiger partial charge in [-0.15, -0.1) is 0 Å². The number of fused-ring (bicyclic) bond motifs is 1. The fourth-order valence-corrected chi connectivity index (χ4v) is 2.10. The number of carboxylic acids is 1. The third kappa shape index (κ3) is 2.13. The van der Waals surface area contributed by atoms with E-state index in [1.165, 1.54) is 24.0 Å². The summed E-state index contributed by atoms with van der Waals surface area (Å²) in [6, 6.07) is 3.35. The van der Waals surface area contributed by atoms with Crippen molar-refractivity contribution in [3.63, 3.8) is 0 Å². The minimum absolute atomic E-state index is 0.155. The average molecular weight is 237 g/mol. The van der Waals surface area contributed by atoms with Crippen LogP contribution in [0.4, 0.5) is 4.39 Å². The molecule has 0 unspecified atom stereocenters. The Morgan fingerprint density at radius 3 is 2.71 bits per heavy atom. The van der Waals surface area contributed by atoms with Gasteiger partial charge in [0.1, 0.15) is 11.9 Å². The molecule has 0 radical (unpaired) electrons. The second-order valence-corrected chi connectivity index (χ2v) is 4.12. The van der Waals surface area contributed by atoms with Crippen LogP contribution in [-0.2, 0) is 22.6 Å². The summed E-state index contributed by atoms with van der Waals surface area (Å²) in [5.41, 5.74) is 1.47. The molecule has 2 rings (SSSR count). The molecule has 0 saturated carbocycles. The molecule has 1 aromatic rings. The van der Waals surface area contributed by atoms with Crippen LogP contribution in [0.25, 0.3) is 0 Å². The van der Waals surface area contributed by atoms with Crippen LogP contribution in [0.1, 0.15) is 18.1 Å². The van der Waals surface area contributed by atoms with E-state index in [2.05, 4.69) is 0 Å². The van der Waals surface area contributed by atoms with E-state index < -0.39 is 12.0 Å². The van der Waals surface area contributed by atoms with E-state index in [4.69, 9.17) is 5.11 Å². The molecule has 0 fully saturated rings. The quantitative estimate of drug-likeness (QED) is 0.798. The first-order valence-electron chi connectivity index (χ1n) is 5.26. The monoisotopic (exact) mass is 237 g/mol. The van der Waals surface area contributed by atoms with Gasteiger partial charge in [-0.1, -0.05) is 6.07 Å². The van der Waals surface area contributed by atoms with Gasteiger partial charge >= 0.3 is 5.97 Å². The standard InChI is InChI=1S/C12H12FNO3/c1-7(15)14-6-8-2-3-10(13)4-9(8)5-11(14)12(16)17/h2-4,11H,5-6H2,1H3,(H,16,17)/t11-/m0/s1. The number of carbonyl (C=O) groups is 2. The lowest BCUT2D eigenvalue weighted by Gasteiger charge is -2.33. The van der Waals surface area contributed by atoms with Gasteiger partial charge in [0.05, 0.1) is 0 Å². The largest absolute Gasteiger partial charge is 0.480 e. The Balaban J connectivity index is 2.39. The third-order valence-corrected chi connectivity index (χ3v) is 2.99. The molecular formula is C12H12FNO3. The van der Waals surface area contributed by atoms with E-state index in [9.17, 15) is 14.0 Å². The van der Waals surface area contributed by atoms with Crippen molar-refractivity contribution in [2.24, 2.45) is 0 Å². The highest BCUT2D eigenvalue weighted by molar-refractivity contribution is 5.83. The van der Waals surface area contributed by atoms with Crippen molar-refractivity contribution >= 4 is 11.9 Å². The van der Waals surface area contributed by atoms with Gasteiger partial charge in [0.15, 0.2) is 0 Å². The zero-order valence-electron chi connectivity index (χ0n) is 9.31. The van der Waals surface area contributed by atoms with Gasteiger partial charge in [0, 0.05) is 19.9 Å². The summed E-state index contributed by atoms with van der Waals surface area (Å²) in [6.45, 7) is 1.56. The SMILES string of the molecule is CC(=O)N1Cc2ccc(F)cc2C[C@H]1C(=O)O. The van der Waals surface area contributed by atoms with Crippen LogP contribution in [-0.4, -0.2) is 27.9 Å². The zero-order valence-corrected chi connectivity index (χ0v) is 9.31. The maximum absolute atomic E-state index is 13.1. The van der Waals surface area contributed by atoms with Crippen LogP contribution < -0.4 is 0 Å². The summed E-state index contributed by atoms with van der Waals surface area (Å²) in [5.74, 6) is -1.73. The first-order valence-corrected chi connectivity index (χ1v) is 5.26. The highest BCUT2D eigenvalue weighted by atomic mass is 19.1. The summed E-state index contributed by atoms with van der Waals surface area (Å²) >= 11 is 0. The van der Waals surface area contributed by atoms with Gasteiger partial charge < -0.3 is 10.0 Å². The molecule has 1 aromatic carbocycles. The lowest BCUT2D eigenvalue weighted by atomic mass is 9.94. The molecule has 1 amide bonds. The first-order chi connectivity index (χ1) is 7.99. The minimum atomic E-state index is -1.06. The molecule has 1 heterocycles. The molecule has 1 atom stereocenters. The normalized spacial score (nSPS) is 18.7. The van der Waals surface area contributed by atoms with Gasteiger partial charge in [-0.05, 0) is 23.3 Å². The van der Waals surface area contributed by atoms with Crippen LogP contribution in [0.2, 0.25) is 0 Å². The lowest BCUT2D eigenvalue weighted by Crippen LogP contribution is -2.47. The van der Waals surface area contributed by atoms with E-state index in [0.717, 1.165) is 5.56 Å².